The fourth-order valence-corrected chi connectivity index (χ4v) is 10.2. The third kappa shape index (κ3) is 5.98. The predicted molar refractivity (Wildman–Crippen MR) is 200 cm³/mol. The molecule has 0 spiro atoms. The maximum atomic E-state index is 15.8. The van der Waals surface area contributed by atoms with Crippen LogP contribution >= 0.6 is 0 Å². The van der Waals surface area contributed by atoms with Crippen LogP contribution in [0, 0.1) is 23.7 Å². The molecular formula is C40H44FN9O5. The Morgan fingerprint density at radius 1 is 0.818 bits per heavy atom. The number of nitrogens with one attached hydrogen (secondary N) is 2. The highest BCUT2D eigenvalue weighted by molar-refractivity contribution is 6.23. The van der Waals surface area contributed by atoms with E-state index in [2.05, 4.69) is 35.5 Å². The Balaban J connectivity index is 0.701. The number of imide groups is 2. The molecule has 1 aliphatic carbocycles. The lowest BCUT2D eigenvalue weighted by atomic mass is 9.93. The second-order valence-electron chi connectivity index (χ2n) is 16.4. The largest absolute Gasteiger partial charge is 0.507 e. The van der Waals surface area contributed by atoms with Gasteiger partial charge in [0.15, 0.2) is 5.82 Å². The Hall–Kier alpha value is -5.15. The summed E-state index contributed by atoms with van der Waals surface area (Å²) < 4.78 is 15.8. The fraction of sp³-hybridized carbons (Fsp3) is 0.500. The number of halogens is 1. The van der Waals surface area contributed by atoms with Crippen LogP contribution in [0.1, 0.15) is 40.0 Å². The topological polar surface area (TPSA) is 155 Å². The predicted octanol–water partition coefficient (Wildman–Crippen LogP) is 2.21. The average molecular weight is 750 g/mol. The standard InChI is InChI=1S/C40H44FN9O5/c41-31-21-48(23-5-6-25-27(13-23)40(55)50(39(25)54)33-7-8-36(52)43-38(33)53)10-9-22(31)16-47-19-29-28(30(29)20-47)18-46-11-12-49-24(17-46)15-42-37-34(49)14-32(44-45-37)26-3-1-2-4-35(26)51/h1-6,13-14,22,24,28-31,33,51H,7-12,15-21H2,(H,42,45)(H,43,52,53)/t22-,24-,28-,29-,30+,31+,33?/m0/s1. The van der Waals surface area contributed by atoms with Gasteiger partial charge in [-0.1, -0.05) is 12.1 Å². The molecule has 7 heterocycles. The van der Waals surface area contributed by atoms with E-state index in [0.717, 1.165) is 68.8 Å². The molecule has 6 aliphatic heterocycles. The monoisotopic (exact) mass is 749 g/mol. The van der Waals surface area contributed by atoms with Crippen molar-refractivity contribution < 1.29 is 28.7 Å². The first kappa shape index (κ1) is 34.3. The van der Waals surface area contributed by atoms with Gasteiger partial charge in [0.1, 0.15) is 18.0 Å². The Kier molecular flexibility index (Phi) is 8.28. The second-order valence-corrected chi connectivity index (χ2v) is 16.4. The van der Waals surface area contributed by atoms with Crippen LogP contribution in [0.5, 0.6) is 5.75 Å². The van der Waals surface area contributed by atoms with Crippen LogP contribution in [0.4, 0.5) is 21.6 Å². The third-order valence-electron chi connectivity index (χ3n) is 13.2. The van der Waals surface area contributed by atoms with E-state index in [1.165, 1.54) is 0 Å². The molecule has 1 unspecified atom stereocenters. The quantitative estimate of drug-likeness (QED) is 0.304. The first-order chi connectivity index (χ1) is 26.7. The maximum absolute atomic E-state index is 15.8. The number of hydrogen-bond acceptors (Lipinski definition) is 12. The summed E-state index contributed by atoms with van der Waals surface area (Å²) in [7, 11) is 0. The van der Waals surface area contributed by atoms with Crippen LogP contribution in [0.3, 0.4) is 0 Å². The number of fused-ring (bicyclic) bond motifs is 5. The van der Waals surface area contributed by atoms with Gasteiger partial charge in [-0.25, -0.2) is 4.39 Å². The number of aromatic hydroxyl groups is 1. The SMILES string of the molecule is O=C1CCC(N2C(=O)c3ccc(N4CC[C@@H](CN5C[C@@H]6[C@H](C5)[C@H]6CN5CCN6c7cc(-c8ccccc8O)nnc7NC[C@H]6C5)[C@H](F)C4)cc3C2=O)C(=O)N1. The van der Waals surface area contributed by atoms with E-state index < -0.39 is 35.8 Å². The van der Waals surface area contributed by atoms with Crippen LogP contribution in [0.25, 0.3) is 11.3 Å². The number of carbonyl (C=O) groups excluding carboxylic acids is 4. The number of hydrogen-bond donors (Lipinski definition) is 3. The highest BCUT2D eigenvalue weighted by Gasteiger charge is 2.56. The zero-order valence-corrected chi connectivity index (χ0v) is 30.4. The van der Waals surface area contributed by atoms with E-state index in [0.29, 0.717) is 53.7 Å². The van der Waals surface area contributed by atoms with Crippen LogP contribution in [0.15, 0.2) is 48.5 Å². The van der Waals surface area contributed by atoms with Crippen molar-refractivity contribution in [3.05, 3.63) is 59.7 Å². The zero-order chi connectivity index (χ0) is 37.5. The summed E-state index contributed by atoms with van der Waals surface area (Å²) in [6.07, 6.45) is -0.147. The molecule has 3 N–H and O–H groups in total. The fourth-order valence-electron chi connectivity index (χ4n) is 10.2. The molecule has 4 amide bonds. The van der Waals surface area contributed by atoms with Gasteiger partial charge in [0, 0.05) is 89.0 Å². The van der Waals surface area contributed by atoms with Crippen molar-refractivity contribution in [2.75, 3.05) is 80.6 Å². The summed E-state index contributed by atoms with van der Waals surface area (Å²) in [5.41, 5.74) is 3.52. The van der Waals surface area contributed by atoms with Gasteiger partial charge < -0.3 is 25.1 Å². The van der Waals surface area contributed by atoms with E-state index in [4.69, 9.17) is 0 Å². The molecule has 4 saturated heterocycles. The van der Waals surface area contributed by atoms with Gasteiger partial charge in [0.25, 0.3) is 11.8 Å². The lowest BCUT2D eigenvalue weighted by Gasteiger charge is -2.46. The number of amides is 4. The zero-order valence-electron chi connectivity index (χ0n) is 30.4. The van der Waals surface area contributed by atoms with Gasteiger partial charge in [-0.3, -0.25) is 34.3 Å². The van der Waals surface area contributed by atoms with Crippen LogP contribution in [-0.2, 0) is 9.59 Å². The minimum absolute atomic E-state index is 0.0568. The summed E-state index contributed by atoms with van der Waals surface area (Å²) in [6, 6.07) is 13.6. The van der Waals surface area contributed by atoms with E-state index >= 15 is 4.39 Å². The molecule has 0 radical (unpaired) electrons. The van der Waals surface area contributed by atoms with Gasteiger partial charge in [-0.05, 0) is 67.0 Å². The molecule has 1 aromatic heterocycles. The molecule has 15 heteroatoms. The van der Waals surface area contributed by atoms with Crippen molar-refractivity contribution in [3.8, 4) is 17.0 Å². The van der Waals surface area contributed by atoms with Gasteiger partial charge in [0.05, 0.1) is 28.6 Å². The van der Waals surface area contributed by atoms with Gasteiger partial charge in [-0.2, -0.15) is 0 Å². The van der Waals surface area contributed by atoms with Crippen molar-refractivity contribution in [2.45, 2.75) is 37.5 Å². The Labute approximate surface area is 317 Å². The number of phenols is 1. The van der Waals surface area contributed by atoms with Crippen LogP contribution in [0.2, 0.25) is 0 Å². The molecule has 14 nitrogen and oxygen atoms in total. The summed E-state index contributed by atoms with van der Waals surface area (Å²) in [5, 5.41) is 24.9. The van der Waals surface area contributed by atoms with E-state index in [9.17, 15) is 24.3 Å². The van der Waals surface area contributed by atoms with Crippen molar-refractivity contribution >= 4 is 40.8 Å². The van der Waals surface area contributed by atoms with Gasteiger partial charge >= 0.3 is 0 Å². The van der Waals surface area contributed by atoms with E-state index in [-0.39, 0.29) is 42.2 Å². The number of rotatable bonds is 7. The normalized spacial score (nSPS) is 30.4. The average Bonchev–Trinajstić information content (AvgIpc) is 3.49. The van der Waals surface area contributed by atoms with E-state index in [1.54, 1.807) is 30.3 Å². The number of anilines is 3. The molecule has 10 rings (SSSR count). The first-order valence-electron chi connectivity index (χ1n) is 19.6. The highest BCUT2D eigenvalue weighted by atomic mass is 19.1. The summed E-state index contributed by atoms with van der Waals surface area (Å²) in [6.45, 7) is 8.48. The number of aromatic nitrogens is 2. The Bertz CT molecular complexity index is 2090. The van der Waals surface area contributed by atoms with Gasteiger partial charge in [0.2, 0.25) is 11.8 Å². The number of benzene rings is 2. The molecule has 5 fully saturated rings. The highest BCUT2D eigenvalue weighted by Crippen LogP contribution is 2.52. The molecule has 7 atom stereocenters. The van der Waals surface area contributed by atoms with Crippen molar-refractivity contribution in [3.63, 3.8) is 0 Å². The number of piperazine rings is 1. The minimum Gasteiger partial charge on any atom is -0.507 e. The van der Waals surface area contributed by atoms with Crippen molar-refractivity contribution in [2.24, 2.45) is 23.7 Å². The number of carbonyl (C=O) groups is 4. The summed E-state index contributed by atoms with van der Waals surface area (Å²) in [5.74, 6) is 0.813. The number of nitrogens with zero attached hydrogens (tertiary/aromatic N) is 7. The maximum Gasteiger partial charge on any atom is 0.262 e. The lowest BCUT2D eigenvalue weighted by molar-refractivity contribution is -0.136. The molecule has 286 valence electrons. The van der Waals surface area contributed by atoms with Crippen LogP contribution in [-0.4, -0.2) is 137 Å². The molecule has 55 heavy (non-hydrogen) atoms. The molecular weight excluding hydrogens is 705 g/mol. The molecule has 7 aliphatic rings. The molecule has 0 bridgehead atoms. The second kappa shape index (κ2) is 13.3. The minimum atomic E-state index is -1.02. The smallest absolute Gasteiger partial charge is 0.262 e. The van der Waals surface area contributed by atoms with Crippen molar-refractivity contribution in [1.82, 2.24) is 30.2 Å². The van der Waals surface area contributed by atoms with E-state index in [1.807, 2.05) is 23.1 Å². The Morgan fingerprint density at radius 2 is 1.64 bits per heavy atom. The van der Waals surface area contributed by atoms with Crippen LogP contribution < -0.4 is 20.4 Å². The Morgan fingerprint density at radius 3 is 2.44 bits per heavy atom. The number of phenolic OH excluding ortho intramolecular Hbond substituents is 1. The summed E-state index contributed by atoms with van der Waals surface area (Å²) >= 11 is 0. The number of likely N-dealkylation sites (tertiary alicyclic amines) is 1. The van der Waals surface area contributed by atoms with Crippen molar-refractivity contribution in [1.29, 1.82) is 0 Å². The lowest BCUT2D eigenvalue weighted by Crippen LogP contribution is -2.58. The number of para-hydroxylation sites is 1. The third-order valence-corrected chi connectivity index (χ3v) is 13.2. The molecule has 2 aromatic carbocycles. The first-order valence-corrected chi connectivity index (χ1v) is 19.6. The number of alkyl halides is 1. The van der Waals surface area contributed by atoms with Gasteiger partial charge in [-0.15, -0.1) is 10.2 Å². The number of piperidine rings is 3. The molecule has 3 aromatic rings. The molecule has 1 saturated carbocycles. The summed E-state index contributed by atoms with van der Waals surface area (Å²) in [4.78, 5) is 60.9.